The number of likely N-dealkylation sites (tertiary alicyclic amines) is 1. The standard InChI is InChI=1S/C12H25NO3/c1-3-15-12(16-4-2)7-10-13-8-5-11(14)6-9-13/h11-12,14H,3-10H2,1-2H3. The molecule has 0 saturated carbocycles. The van der Waals surface area contributed by atoms with Crippen LogP contribution in [0, 0.1) is 0 Å². The first-order chi connectivity index (χ1) is 7.76. The third kappa shape index (κ3) is 5.25. The first-order valence-corrected chi connectivity index (χ1v) is 6.39. The number of aliphatic hydroxyl groups excluding tert-OH is 1. The number of rotatable bonds is 7. The Balaban J connectivity index is 2.15. The molecule has 0 amide bonds. The maximum Gasteiger partial charge on any atom is 0.158 e. The Morgan fingerprint density at radius 3 is 2.25 bits per heavy atom. The highest BCUT2D eigenvalue weighted by molar-refractivity contribution is 4.71. The van der Waals surface area contributed by atoms with Crippen LogP contribution < -0.4 is 0 Å². The lowest BCUT2D eigenvalue weighted by Gasteiger charge is -2.30. The van der Waals surface area contributed by atoms with Gasteiger partial charge in [0, 0.05) is 39.3 Å². The maximum atomic E-state index is 9.40. The fraction of sp³-hybridized carbons (Fsp3) is 1.00. The van der Waals surface area contributed by atoms with Gasteiger partial charge >= 0.3 is 0 Å². The molecular weight excluding hydrogens is 206 g/mol. The molecule has 0 aromatic carbocycles. The van der Waals surface area contributed by atoms with Crippen LogP contribution in [0.5, 0.6) is 0 Å². The van der Waals surface area contributed by atoms with Crippen LogP contribution >= 0.6 is 0 Å². The molecule has 96 valence electrons. The summed E-state index contributed by atoms with van der Waals surface area (Å²) in [6.45, 7) is 8.36. The molecule has 0 aromatic heterocycles. The van der Waals surface area contributed by atoms with Gasteiger partial charge in [0.25, 0.3) is 0 Å². The van der Waals surface area contributed by atoms with Crippen molar-refractivity contribution in [2.24, 2.45) is 0 Å². The van der Waals surface area contributed by atoms with Crippen molar-refractivity contribution < 1.29 is 14.6 Å². The molecule has 1 heterocycles. The van der Waals surface area contributed by atoms with E-state index in [0.29, 0.717) is 13.2 Å². The topological polar surface area (TPSA) is 41.9 Å². The van der Waals surface area contributed by atoms with Gasteiger partial charge in [-0.3, -0.25) is 0 Å². The second-order valence-electron chi connectivity index (χ2n) is 4.20. The maximum absolute atomic E-state index is 9.40. The summed E-state index contributed by atoms with van der Waals surface area (Å²) in [6.07, 6.45) is 2.55. The molecule has 1 saturated heterocycles. The smallest absolute Gasteiger partial charge is 0.158 e. The molecule has 4 nitrogen and oxygen atoms in total. The van der Waals surface area contributed by atoms with Gasteiger partial charge in [-0.15, -0.1) is 0 Å². The predicted octanol–water partition coefficient (Wildman–Crippen LogP) is 1.23. The van der Waals surface area contributed by atoms with E-state index in [1.165, 1.54) is 0 Å². The molecule has 0 radical (unpaired) electrons. The summed E-state index contributed by atoms with van der Waals surface area (Å²) in [4.78, 5) is 2.37. The number of nitrogens with zero attached hydrogens (tertiary/aromatic N) is 1. The van der Waals surface area contributed by atoms with Crippen molar-refractivity contribution in [3.63, 3.8) is 0 Å². The molecule has 1 N–H and O–H groups in total. The molecule has 1 aliphatic rings. The van der Waals surface area contributed by atoms with Crippen LogP contribution in [-0.4, -0.2) is 55.2 Å². The van der Waals surface area contributed by atoms with Crippen molar-refractivity contribution in [2.75, 3.05) is 32.8 Å². The normalized spacial score (nSPS) is 19.5. The predicted molar refractivity (Wildman–Crippen MR) is 63.3 cm³/mol. The highest BCUT2D eigenvalue weighted by atomic mass is 16.7. The summed E-state index contributed by atoms with van der Waals surface area (Å²) >= 11 is 0. The number of hydrogen-bond acceptors (Lipinski definition) is 4. The largest absolute Gasteiger partial charge is 0.393 e. The zero-order chi connectivity index (χ0) is 11.8. The van der Waals surface area contributed by atoms with Crippen LogP contribution in [0.15, 0.2) is 0 Å². The van der Waals surface area contributed by atoms with Crippen molar-refractivity contribution in [3.05, 3.63) is 0 Å². The number of aliphatic hydroxyl groups is 1. The third-order valence-corrected chi connectivity index (χ3v) is 2.94. The van der Waals surface area contributed by atoms with E-state index in [1.54, 1.807) is 0 Å². The average molecular weight is 231 g/mol. The van der Waals surface area contributed by atoms with E-state index in [0.717, 1.165) is 38.9 Å². The lowest BCUT2D eigenvalue weighted by Crippen LogP contribution is -2.38. The van der Waals surface area contributed by atoms with Crippen LogP contribution in [0.2, 0.25) is 0 Å². The van der Waals surface area contributed by atoms with Crippen molar-refractivity contribution >= 4 is 0 Å². The van der Waals surface area contributed by atoms with Gasteiger partial charge in [0.05, 0.1) is 6.10 Å². The molecule has 0 aliphatic carbocycles. The molecule has 4 heteroatoms. The lowest BCUT2D eigenvalue weighted by molar-refractivity contribution is -0.142. The van der Waals surface area contributed by atoms with Crippen LogP contribution in [0.25, 0.3) is 0 Å². The monoisotopic (exact) mass is 231 g/mol. The van der Waals surface area contributed by atoms with Crippen molar-refractivity contribution in [1.82, 2.24) is 4.90 Å². The first-order valence-electron chi connectivity index (χ1n) is 6.39. The fourth-order valence-corrected chi connectivity index (χ4v) is 2.02. The number of ether oxygens (including phenoxy) is 2. The number of piperidine rings is 1. The van der Waals surface area contributed by atoms with Crippen molar-refractivity contribution in [1.29, 1.82) is 0 Å². The molecule has 0 bridgehead atoms. The Morgan fingerprint density at radius 2 is 1.75 bits per heavy atom. The van der Waals surface area contributed by atoms with Gasteiger partial charge in [-0.25, -0.2) is 0 Å². The summed E-state index contributed by atoms with van der Waals surface area (Å²) in [5, 5.41) is 9.40. The van der Waals surface area contributed by atoms with Gasteiger partial charge in [-0.2, -0.15) is 0 Å². The summed E-state index contributed by atoms with van der Waals surface area (Å²) in [7, 11) is 0. The third-order valence-electron chi connectivity index (χ3n) is 2.94. The van der Waals surface area contributed by atoms with Gasteiger partial charge in [0.15, 0.2) is 6.29 Å². The van der Waals surface area contributed by atoms with Gasteiger partial charge in [-0.05, 0) is 26.7 Å². The van der Waals surface area contributed by atoms with E-state index < -0.39 is 0 Å². The van der Waals surface area contributed by atoms with Gasteiger partial charge in [-0.1, -0.05) is 0 Å². The minimum atomic E-state index is -0.0918. The quantitative estimate of drug-likeness (QED) is 0.669. The van der Waals surface area contributed by atoms with E-state index in [4.69, 9.17) is 9.47 Å². The van der Waals surface area contributed by atoms with Crippen molar-refractivity contribution in [2.45, 2.75) is 45.5 Å². The van der Waals surface area contributed by atoms with Crippen LogP contribution in [0.3, 0.4) is 0 Å². The second kappa shape index (κ2) is 8.01. The van der Waals surface area contributed by atoms with E-state index in [2.05, 4.69) is 4.90 Å². The molecular formula is C12H25NO3. The molecule has 1 aliphatic heterocycles. The van der Waals surface area contributed by atoms with Gasteiger partial charge in [0.1, 0.15) is 0 Å². The highest BCUT2D eigenvalue weighted by Crippen LogP contribution is 2.11. The summed E-state index contributed by atoms with van der Waals surface area (Å²) < 4.78 is 11.0. The minimum absolute atomic E-state index is 0.0677. The molecule has 0 spiro atoms. The summed E-state index contributed by atoms with van der Waals surface area (Å²) in [6, 6.07) is 0. The molecule has 0 atom stereocenters. The first kappa shape index (κ1) is 13.9. The second-order valence-corrected chi connectivity index (χ2v) is 4.20. The zero-order valence-electron chi connectivity index (χ0n) is 10.5. The van der Waals surface area contributed by atoms with Gasteiger partial charge in [0.2, 0.25) is 0 Å². The Kier molecular flexibility index (Phi) is 6.96. The molecule has 1 rings (SSSR count). The van der Waals surface area contributed by atoms with E-state index in [-0.39, 0.29) is 12.4 Å². The van der Waals surface area contributed by atoms with Gasteiger partial charge < -0.3 is 19.5 Å². The van der Waals surface area contributed by atoms with Crippen LogP contribution in [-0.2, 0) is 9.47 Å². The van der Waals surface area contributed by atoms with Crippen LogP contribution in [0.1, 0.15) is 33.1 Å². The SMILES string of the molecule is CCOC(CCN1CCC(O)CC1)OCC. The zero-order valence-corrected chi connectivity index (χ0v) is 10.5. The van der Waals surface area contributed by atoms with E-state index in [1.807, 2.05) is 13.8 Å². The molecule has 0 unspecified atom stereocenters. The Morgan fingerprint density at radius 1 is 1.19 bits per heavy atom. The minimum Gasteiger partial charge on any atom is -0.393 e. The van der Waals surface area contributed by atoms with Crippen molar-refractivity contribution in [3.8, 4) is 0 Å². The molecule has 1 fully saturated rings. The Hall–Kier alpha value is -0.160. The number of hydrogen-bond donors (Lipinski definition) is 1. The lowest BCUT2D eigenvalue weighted by atomic mass is 10.1. The molecule has 16 heavy (non-hydrogen) atoms. The fourth-order valence-electron chi connectivity index (χ4n) is 2.02. The summed E-state index contributed by atoms with van der Waals surface area (Å²) in [5.74, 6) is 0. The average Bonchev–Trinajstić information content (AvgIpc) is 2.29. The van der Waals surface area contributed by atoms with Crippen LogP contribution in [0.4, 0.5) is 0 Å². The Bertz CT molecular complexity index is 164. The van der Waals surface area contributed by atoms with E-state index in [9.17, 15) is 5.11 Å². The summed E-state index contributed by atoms with van der Waals surface area (Å²) in [5.41, 5.74) is 0. The highest BCUT2D eigenvalue weighted by Gasteiger charge is 2.18. The Labute approximate surface area is 98.5 Å². The van der Waals surface area contributed by atoms with E-state index >= 15 is 0 Å². The molecule has 0 aromatic rings.